The van der Waals surface area contributed by atoms with Crippen LogP contribution in [0.1, 0.15) is 34.3 Å². The number of hydrogen-bond acceptors (Lipinski definition) is 3. The van der Waals surface area contributed by atoms with Gasteiger partial charge in [0.25, 0.3) is 5.91 Å². The molecule has 0 radical (unpaired) electrons. The molecule has 2 aliphatic heterocycles. The van der Waals surface area contributed by atoms with E-state index >= 15 is 0 Å². The Morgan fingerprint density at radius 3 is 2.58 bits per heavy atom. The third-order valence-electron chi connectivity index (χ3n) is 4.61. The Kier molecular flexibility index (Phi) is 3.78. The van der Waals surface area contributed by atoms with Gasteiger partial charge in [-0.2, -0.15) is 0 Å². The maximum absolute atomic E-state index is 12.4. The zero-order valence-electron chi connectivity index (χ0n) is 13.3. The highest BCUT2D eigenvalue weighted by atomic mass is 16.2. The number of fused-ring (bicyclic) bond motifs is 1. The van der Waals surface area contributed by atoms with E-state index in [-0.39, 0.29) is 11.8 Å². The Bertz CT molecular complexity index is 799. The highest BCUT2D eigenvalue weighted by Crippen LogP contribution is 2.23. The summed E-state index contributed by atoms with van der Waals surface area (Å²) in [4.78, 5) is 26.0. The van der Waals surface area contributed by atoms with Gasteiger partial charge in [0.2, 0.25) is 5.91 Å². The first kappa shape index (κ1) is 14.9. The molecule has 24 heavy (non-hydrogen) atoms. The molecule has 4 rings (SSSR count). The summed E-state index contributed by atoms with van der Waals surface area (Å²) < 4.78 is 0. The van der Waals surface area contributed by atoms with E-state index in [0.717, 1.165) is 37.4 Å². The predicted molar refractivity (Wildman–Crippen MR) is 93.0 cm³/mol. The first-order valence-electron chi connectivity index (χ1n) is 8.25. The summed E-state index contributed by atoms with van der Waals surface area (Å²) in [6, 6.07) is 13.3. The molecule has 5 heteroatoms. The van der Waals surface area contributed by atoms with Gasteiger partial charge < -0.3 is 15.5 Å². The van der Waals surface area contributed by atoms with Gasteiger partial charge in [0, 0.05) is 43.0 Å². The second-order valence-corrected chi connectivity index (χ2v) is 6.24. The van der Waals surface area contributed by atoms with Crippen LogP contribution in [0, 0.1) is 0 Å². The molecule has 2 aromatic rings. The molecule has 0 aliphatic carbocycles. The van der Waals surface area contributed by atoms with Crippen molar-refractivity contribution in [2.75, 3.05) is 16.8 Å². The summed E-state index contributed by atoms with van der Waals surface area (Å²) in [6.07, 6.45) is 1.52. The van der Waals surface area contributed by atoms with Gasteiger partial charge in [0.15, 0.2) is 0 Å². The number of rotatable bonds is 3. The molecular weight excluding hydrogens is 302 g/mol. The van der Waals surface area contributed by atoms with Crippen LogP contribution in [0.4, 0.5) is 11.4 Å². The molecule has 2 N–H and O–H groups in total. The largest absolute Gasteiger partial charge is 0.322 e. The van der Waals surface area contributed by atoms with Crippen molar-refractivity contribution in [2.24, 2.45) is 0 Å². The van der Waals surface area contributed by atoms with Gasteiger partial charge in [-0.1, -0.05) is 6.07 Å². The monoisotopic (exact) mass is 321 g/mol. The van der Waals surface area contributed by atoms with Crippen molar-refractivity contribution in [2.45, 2.75) is 25.9 Å². The molecule has 122 valence electrons. The molecule has 0 spiro atoms. The molecule has 5 nitrogen and oxygen atoms in total. The smallest absolute Gasteiger partial charge is 0.255 e. The normalized spacial score (nSPS) is 16.3. The summed E-state index contributed by atoms with van der Waals surface area (Å²) in [6.45, 7) is 2.45. The fourth-order valence-corrected chi connectivity index (χ4v) is 3.29. The van der Waals surface area contributed by atoms with E-state index in [0.29, 0.717) is 12.0 Å². The van der Waals surface area contributed by atoms with Gasteiger partial charge in [-0.05, 0) is 53.9 Å². The van der Waals surface area contributed by atoms with Crippen molar-refractivity contribution in [1.82, 2.24) is 5.32 Å². The van der Waals surface area contributed by atoms with Gasteiger partial charge >= 0.3 is 0 Å². The van der Waals surface area contributed by atoms with Crippen molar-refractivity contribution < 1.29 is 9.59 Å². The van der Waals surface area contributed by atoms with E-state index in [1.807, 2.05) is 42.5 Å². The molecule has 2 aromatic carbocycles. The number of anilines is 2. The highest BCUT2D eigenvalue weighted by molar-refractivity contribution is 6.04. The second kappa shape index (κ2) is 6.09. The number of hydrogen-bond donors (Lipinski definition) is 2. The maximum Gasteiger partial charge on any atom is 0.255 e. The molecule has 0 atom stereocenters. The second-order valence-electron chi connectivity index (χ2n) is 6.24. The fraction of sp³-hybridized carbons (Fsp3) is 0.263. The number of amides is 2. The number of carbonyl (C=O) groups is 2. The first-order chi connectivity index (χ1) is 11.7. The fourth-order valence-electron chi connectivity index (χ4n) is 3.29. The predicted octanol–water partition coefficient (Wildman–Crippen LogP) is 2.67. The van der Waals surface area contributed by atoms with Crippen molar-refractivity contribution in [1.29, 1.82) is 0 Å². The van der Waals surface area contributed by atoms with Crippen LogP contribution in [0.2, 0.25) is 0 Å². The van der Waals surface area contributed by atoms with Crippen molar-refractivity contribution in [3.8, 4) is 0 Å². The average Bonchev–Trinajstić information content (AvgIpc) is 3.23. The molecule has 0 unspecified atom stereocenters. The summed E-state index contributed by atoms with van der Waals surface area (Å²) in [7, 11) is 0. The minimum Gasteiger partial charge on any atom is -0.322 e. The van der Waals surface area contributed by atoms with Gasteiger partial charge in [-0.3, -0.25) is 9.59 Å². The number of nitrogens with zero attached hydrogens (tertiary/aromatic N) is 1. The SMILES string of the molecule is O=C(Nc1ccc(N2CCCC2=O)cc1)c1ccc2c(c1)CNC2. The van der Waals surface area contributed by atoms with Gasteiger partial charge in [-0.25, -0.2) is 0 Å². The van der Waals surface area contributed by atoms with E-state index < -0.39 is 0 Å². The first-order valence-corrected chi connectivity index (χ1v) is 8.25. The molecule has 0 bridgehead atoms. The molecule has 2 amide bonds. The summed E-state index contributed by atoms with van der Waals surface area (Å²) in [5.74, 6) is 0.0493. The van der Waals surface area contributed by atoms with Crippen LogP contribution in [0.3, 0.4) is 0 Å². The molecule has 0 aromatic heterocycles. The molecule has 1 fully saturated rings. The average molecular weight is 321 g/mol. The molecule has 2 aliphatic rings. The Balaban J connectivity index is 1.47. The summed E-state index contributed by atoms with van der Waals surface area (Å²) in [5, 5.41) is 6.19. The van der Waals surface area contributed by atoms with Gasteiger partial charge in [0.1, 0.15) is 0 Å². The van der Waals surface area contributed by atoms with Gasteiger partial charge in [0.05, 0.1) is 0 Å². The number of carbonyl (C=O) groups excluding carboxylic acids is 2. The van der Waals surface area contributed by atoms with E-state index in [1.54, 1.807) is 4.90 Å². The van der Waals surface area contributed by atoms with Crippen LogP contribution in [0.5, 0.6) is 0 Å². The van der Waals surface area contributed by atoms with Crippen LogP contribution in [0.25, 0.3) is 0 Å². The lowest BCUT2D eigenvalue weighted by Gasteiger charge is -2.16. The molecule has 0 saturated carbocycles. The minimum atomic E-state index is -0.116. The number of benzene rings is 2. The van der Waals surface area contributed by atoms with Crippen LogP contribution in [0.15, 0.2) is 42.5 Å². The lowest BCUT2D eigenvalue weighted by atomic mass is 10.1. The van der Waals surface area contributed by atoms with E-state index in [1.165, 1.54) is 11.1 Å². The maximum atomic E-state index is 12.4. The lowest BCUT2D eigenvalue weighted by Crippen LogP contribution is -2.23. The Labute approximate surface area is 140 Å². The molecular formula is C19H19N3O2. The van der Waals surface area contributed by atoms with Crippen LogP contribution in [-0.2, 0) is 17.9 Å². The molecule has 2 heterocycles. The quantitative estimate of drug-likeness (QED) is 0.914. The van der Waals surface area contributed by atoms with Crippen molar-refractivity contribution in [3.63, 3.8) is 0 Å². The minimum absolute atomic E-state index is 0.116. The highest BCUT2D eigenvalue weighted by Gasteiger charge is 2.21. The van der Waals surface area contributed by atoms with Crippen LogP contribution < -0.4 is 15.5 Å². The summed E-state index contributed by atoms with van der Waals surface area (Å²) in [5.41, 5.74) is 4.72. The molecule has 1 saturated heterocycles. The number of nitrogens with one attached hydrogen (secondary N) is 2. The Hall–Kier alpha value is -2.66. The standard InChI is InChI=1S/C19H19N3O2/c23-18-2-1-9-22(18)17-7-5-16(6-8-17)21-19(24)13-3-4-14-11-20-12-15(14)10-13/h3-8,10,20H,1-2,9,11-12H2,(H,21,24). The van der Waals surface area contributed by atoms with Crippen molar-refractivity contribution >= 4 is 23.2 Å². The van der Waals surface area contributed by atoms with Gasteiger partial charge in [-0.15, -0.1) is 0 Å². The van der Waals surface area contributed by atoms with E-state index in [2.05, 4.69) is 10.6 Å². The van der Waals surface area contributed by atoms with Crippen LogP contribution >= 0.6 is 0 Å². The van der Waals surface area contributed by atoms with Crippen LogP contribution in [-0.4, -0.2) is 18.4 Å². The van der Waals surface area contributed by atoms with E-state index in [9.17, 15) is 9.59 Å². The third-order valence-corrected chi connectivity index (χ3v) is 4.61. The Morgan fingerprint density at radius 2 is 1.83 bits per heavy atom. The topological polar surface area (TPSA) is 61.4 Å². The summed E-state index contributed by atoms with van der Waals surface area (Å²) >= 11 is 0. The Morgan fingerprint density at radius 1 is 1.04 bits per heavy atom. The lowest BCUT2D eigenvalue weighted by molar-refractivity contribution is -0.117. The zero-order chi connectivity index (χ0) is 16.5. The van der Waals surface area contributed by atoms with E-state index in [4.69, 9.17) is 0 Å². The van der Waals surface area contributed by atoms with Crippen molar-refractivity contribution in [3.05, 3.63) is 59.2 Å². The zero-order valence-corrected chi connectivity index (χ0v) is 13.3. The third kappa shape index (κ3) is 2.78.